The molecule has 3 aromatic heterocycles. The van der Waals surface area contributed by atoms with Crippen molar-refractivity contribution < 1.29 is 5.11 Å². The normalized spacial score (nSPS) is 11.2. The van der Waals surface area contributed by atoms with Crippen LogP contribution in [-0.2, 0) is 0 Å². The number of benzene rings is 1. The number of nitrogens with one attached hydrogen (secondary N) is 2. The van der Waals surface area contributed by atoms with E-state index in [4.69, 9.17) is 10.1 Å². The number of nitrogens with zero attached hydrogens (tertiary/aromatic N) is 3. The Morgan fingerprint density at radius 2 is 1.96 bits per heavy atom. The highest BCUT2D eigenvalue weighted by atomic mass is 16.3. The van der Waals surface area contributed by atoms with Crippen LogP contribution in [0.4, 0.5) is 5.82 Å². The first-order chi connectivity index (χ1) is 11.3. The van der Waals surface area contributed by atoms with Gasteiger partial charge in [-0.05, 0) is 24.3 Å². The molecule has 0 bridgehead atoms. The first-order valence-corrected chi connectivity index (χ1v) is 7.40. The largest absolute Gasteiger partial charge is 0.395 e. The molecule has 0 saturated heterocycles. The van der Waals surface area contributed by atoms with Gasteiger partial charge in [-0.15, -0.1) is 0 Å². The number of H-pyrrole nitrogens is 1. The fraction of sp³-hybridized carbons (Fsp3) is 0.118. The lowest BCUT2D eigenvalue weighted by atomic mass is 10.1. The van der Waals surface area contributed by atoms with E-state index in [1.165, 1.54) is 0 Å². The van der Waals surface area contributed by atoms with E-state index >= 15 is 0 Å². The van der Waals surface area contributed by atoms with Gasteiger partial charge in [-0.25, -0.2) is 9.97 Å². The third kappa shape index (κ3) is 2.49. The van der Waals surface area contributed by atoms with E-state index in [0.717, 1.165) is 33.3 Å². The van der Waals surface area contributed by atoms with E-state index in [0.29, 0.717) is 12.4 Å². The molecule has 3 N–H and O–H groups in total. The van der Waals surface area contributed by atoms with Crippen molar-refractivity contribution in [2.75, 3.05) is 18.5 Å². The number of rotatable bonds is 4. The molecule has 0 spiro atoms. The van der Waals surface area contributed by atoms with Gasteiger partial charge in [-0.1, -0.05) is 12.1 Å². The number of aromatic amines is 1. The number of aliphatic hydroxyl groups is 1. The summed E-state index contributed by atoms with van der Waals surface area (Å²) in [6.45, 7) is 0.498. The summed E-state index contributed by atoms with van der Waals surface area (Å²) in [5.41, 5.74) is 4.25. The summed E-state index contributed by atoms with van der Waals surface area (Å²) in [4.78, 5) is 16.8. The molecule has 0 aliphatic heterocycles. The highest BCUT2D eigenvalue weighted by Crippen LogP contribution is 2.29. The van der Waals surface area contributed by atoms with Gasteiger partial charge in [0.1, 0.15) is 11.5 Å². The molecular weight excluding hydrogens is 290 g/mol. The minimum Gasteiger partial charge on any atom is -0.395 e. The lowest BCUT2D eigenvalue weighted by Gasteiger charge is -2.08. The van der Waals surface area contributed by atoms with Crippen molar-refractivity contribution in [3.8, 4) is 11.3 Å². The molecule has 23 heavy (non-hydrogen) atoms. The van der Waals surface area contributed by atoms with E-state index in [1.54, 1.807) is 6.20 Å². The summed E-state index contributed by atoms with van der Waals surface area (Å²) >= 11 is 0. The Labute approximate surface area is 132 Å². The topological polar surface area (TPSA) is 86.7 Å². The van der Waals surface area contributed by atoms with Crippen molar-refractivity contribution in [3.63, 3.8) is 0 Å². The lowest BCUT2D eigenvalue weighted by Crippen LogP contribution is -2.07. The zero-order chi connectivity index (χ0) is 15.6. The quantitative estimate of drug-likeness (QED) is 0.539. The molecule has 1 aromatic carbocycles. The second-order valence-corrected chi connectivity index (χ2v) is 5.19. The fourth-order valence-corrected chi connectivity index (χ4v) is 2.61. The van der Waals surface area contributed by atoms with Crippen LogP contribution in [0.25, 0.3) is 33.3 Å². The highest BCUT2D eigenvalue weighted by molar-refractivity contribution is 5.94. The molecule has 0 fully saturated rings. The molecule has 0 aliphatic carbocycles. The number of hydrogen-bond donors (Lipinski definition) is 3. The standard InChI is InChI=1S/C17H15N5O/c23-8-7-18-16-9-12(11-5-6-19-17(11)22-16)15-10-20-13-3-1-2-4-14(13)21-15/h1-6,9-10,23H,7-8H2,(H2,18,19,22). The van der Waals surface area contributed by atoms with E-state index in [-0.39, 0.29) is 6.61 Å². The van der Waals surface area contributed by atoms with Crippen molar-refractivity contribution in [2.24, 2.45) is 0 Å². The van der Waals surface area contributed by atoms with Crippen LogP contribution < -0.4 is 5.32 Å². The van der Waals surface area contributed by atoms with Gasteiger partial charge < -0.3 is 15.4 Å². The Morgan fingerprint density at radius 1 is 1.09 bits per heavy atom. The number of para-hydroxylation sites is 2. The monoisotopic (exact) mass is 305 g/mol. The van der Waals surface area contributed by atoms with Crippen LogP contribution in [0.15, 0.2) is 48.8 Å². The summed E-state index contributed by atoms with van der Waals surface area (Å²) in [5, 5.41) is 13.1. The Kier molecular flexibility index (Phi) is 3.36. The van der Waals surface area contributed by atoms with E-state index < -0.39 is 0 Å². The summed E-state index contributed by atoms with van der Waals surface area (Å²) in [7, 11) is 0. The van der Waals surface area contributed by atoms with Gasteiger partial charge in [-0.3, -0.25) is 4.98 Å². The van der Waals surface area contributed by atoms with Gasteiger partial charge in [0.15, 0.2) is 0 Å². The van der Waals surface area contributed by atoms with Crippen molar-refractivity contribution >= 4 is 27.9 Å². The molecule has 4 rings (SSSR count). The van der Waals surface area contributed by atoms with Crippen molar-refractivity contribution in [3.05, 3.63) is 48.8 Å². The van der Waals surface area contributed by atoms with Gasteiger partial charge in [0.2, 0.25) is 0 Å². The molecule has 114 valence electrons. The van der Waals surface area contributed by atoms with Gasteiger partial charge in [0, 0.05) is 23.7 Å². The first-order valence-electron chi connectivity index (χ1n) is 7.40. The van der Waals surface area contributed by atoms with Crippen LogP contribution in [0.2, 0.25) is 0 Å². The molecule has 4 aromatic rings. The van der Waals surface area contributed by atoms with Crippen LogP contribution in [0, 0.1) is 0 Å². The maximum Gasteiger partial charge on any atom is 0.140 e. The molecule has 0 radical (unpaired) electrons. The zero-order valence-electron chi connectivity index (χ0n) is 12.3. The van der Waals surface area contributed by atoms with Crippen LogP contribution in [0.1, 0.15) is 0 Å². The molecule has 0 saturated carbocycles. The lowest BCUT2D eigenvalue weighted by molar-refractivity contribution is 0.311. The first kappa shape index (κ1) is 13.7. The average Bonchev–Trinajstić information content (AvgIpc) is 3.07. The SMILES string of the molecule is OCCNc1cc(-c2cnc3ccccc3n2)c2cc[nH]c2n1. The summed E-state index contributed by atoms with van der Waals surface area (Å²) in [6.07, 6.45) is 3.63. The van der Waals surface area contributed by atoms with E-state index in [1.807, 2.05) is 42.6 Å². The Balaban J connectivity index is 1.89. The minimum absolute atomic E-state index is 0.0511. The van der Waals surface area contributed by atoms with Crippen molar-refractivity contribution in [2.45, 2.75) is 0 Å². The summed E-state index contributed by atoms with van der Waals surface area (Å²) in [6, 6.07) is 11.7. The number of pyridine rings is 1. The maximum absolute atomic E-state index is 8.99. The number of fused-ring (bicyclic) bond motifs is 2. The number of anilines is 1. The molecule has 6 nitrogen and oxygen atoms in total. The van der Waals surface area contributed by atoms with Crippen LogP contribution in [-0.4, -0.2) is 38.2 Å². The predicted molar refractivity (Wildman–Crippen MR) is 90.2 cm³/mol. The minimum atomic E-state index is 0.0511. The summed E-state index contributed by atoms with van der Waals surface area (Å²) in [5.74, 6) is 0.693. The third-order valence-electron chi connectivity index (χ3n) is 3.67. The highest BCUT2D eigenvalue weighted by Gasteiger charge is 2.11. The van der Waals surface area contributed by atoms with E-state index in [2.05, 4.69) is 20.3 Å². The predicted octanol–water partition coefficient (Wildman–Crippen LogP) is 2.58. The molecule has 0 aliphatic rings. The zero-order valence-corrected chi connectivity index (χ0v) is 12.3. The van der Waals surface area contributed by atoms with Gasteiger partial charge in [0.05, 0.1) is 29.5 Å². The second-order valence-electron chi connectivity index (χ2n) is 5.19. The number of hydrogen-bond acceptors (Lipinski definition) is 5. The second kappa shape index (κ2) is 5.66. The smallest absolute Gasteiger partial charge is 0.140 e. The number of aromatic nitrogens is 4. The van der Waals surface area contributed by atoms with Gasteiger partial charge in [-0.2, -0.15) is 0 Å². The maximum atomic E-state index is 8.99. The molecule has 0 amide bonds. The van der Waals surface area contributed by atoms with E-state index in [9.17, 15) is 0 Å². The summed E-state index contributed by atoms with van der Waals surface area (Å²) < 4.78 is 0. The van der Waals surface area contributed by atoms with Crippen LogP contribution in [0.3, 0.4) is 0 Å². The third-order valence-corrected chi connectivity index (χ3v) is 3.67. The molecule has 0 atom stereocenters. The van der Waals surface area contributed by atoms with Crippen molar-refractivity contribution in [1.82, 2.24) is 19.9 Å². The average molecular weight is 305 g/mol. The van der Waals surface area contributed by atoms with Crippen LogP contribution in [0.5, 0.6) is 0 Å². The Hall–Kier alpha value is -2.99. The van der Waals surface area contributed by atoms with Crippen LogP contribution >= 0.6 is 0 Å². The fourth-order valence-electron chi connectivity index (χ4n) is 2.61. The molecule has 3 heterocycles. The van der Waals surface area contributed by atoms with Gasteiger partial charge in [0.25, 0.3) is 0 Å². The molecular formula is C17H15N5O. The van der Waals surface area contributed by atoms with Crippen molar-refractivity contribution in [1.29, 1.82) is 0 Å². The molecule has 6 heteroatoms. The molecule has 0 unspecified atom stereocenters. The van der Waals surface area contributed by atoms with Gasteiger partial charge >= 0.3 is 0 Å². The number of aliphatic hydroxyl groups excluding tert-OH is 1. The Bertz CT molecular complexity index is 979. The Morgan fingerprint density at radius 3 is 2.83 bits per heavy atom.